The summed E-state index contributed by atoms with van der Waals surface area (Å²) in [5.41, 5.74) is 7.71. The lowest BCUT2D eigenvalue weighted by Crippen LogP contribution is -1.95. The molecule has 96 valence electrons. The number of nitrogen functional groups attached to an aromatic ring is 1. The minimum Gasteiger partial charge on any atom is -0.482 e. The summed E-state index contributed by atoms with van der Waals surface area (Å²) in [6, 6.07) is 6.97. The first kappa shape index (κ1) is 11.8. The zero-order chi connectivity index (χ0) is 13.2. The number of ether oxygens (including phenoxy) is 1. The summed E-state index contributed by atoms with van der Waals surface area (Å²) in [5, 5.41) is 0.517. The second-order valence-electron chi connectivity index (χ2n) is 3.96. The zero-order valence-corrected chi connectivity index (χ0v) is 10.6. The van der Waals surface area contributed by atoms with Crippen LogP contribution in [0.15, 0.2) is 41.1 Å². The molecule has 0 radical (unpaired) electrons. The lowest BCUT2D eigenvalue weighted by Gasteiger charge is -2.02. The molecule has 1 aromatic carbocycles. The van der Waals surface area contributed by atoms with Crippen molar-refractivity contribution < 1.29 is 9.15 Å². The topological polar surface area (TPSA) is 74.2 Å². The van der Waals surface area contributed by atoms with Gasteiger partial charge in [0.2, 0.25) is 5.89 Å². The highest BCUT2D eigenvalue weighted by molar-refractivity contribution is 6.30. The molecule has 0 amide bonds. The highest BCUT2D eigenvalue weighted by Crippen LogP contribution is 2.20. The number of hydrogen-bond donors (Lipinski definition) is 1. The van der Waals surface area contributed by atoms with Crippen LogP contribution < -0.4 is 10.5 Å². The van der Waals surface area contributed by atoms with Crippen LogP contribution >= 0.6 is 11.6 Å². The van der Waals surface area contributed by atoms with Crippen molar-refractivity contribution in [2.75, 3.05) is 5.73 Å². The number of aromatic nitrogens is 2. The van der Waals surface area contributed by atoms with E-state index in [1.165, 1.54) is 6.20 Å². The van der Waals surface area contributed by atoms with Gasteiger partial charge in [-0.15, -0.1) is 0 Å². The van der Waals surface area contributed by atoms with Crippen LogP contribution in [0.4, 0.5) is 5.69 Å². The fourth-order valence-electron chi connectivity index (χ4n) is 1.67. The lowest BCUT2D eigenvalue weighted by atomic mass is 10.3. The van der Waals surface area contributed by atoms with Crippen molar-refractivity contribution in [1.82, 2.24) is 9.97 Å². The number of nitrogens with zero attached hydrogens (tertiary/aromatic N) is 2. The smallest absolute Gasteiger partial charge is 0.233 e. The normalized spacial score (nSPS) is 10.8. The number of anilines is 1. The quantitative estimate of drug-likeness (QED) is 0.744. The molecule has 0 aliphatic rings. The summed E-state index contributed by atoms with van der Waals surface area (Å²) < 4.78 is 11.0. The summed E-state index contributed by atoms with van der Waals surface area (Å²) in [6.07, 6.45) is 3.11. The summed E-state index contributed by atoms with van der Waals surface area (Å²) in [5.74, 6) is 1.04. The largest absolute Gasteiger partial charge is 0.482 e. The van der Waals surface area contributed by atoms with Crippen LogP contribution in [-0.4, -0.2) is 9.97 Å². The van der Waals surface area contributed by atoms with Crippen molar-refractivity contribution in [2.24, 2.45) is 0 Å². The number of hydrogen-bond acceptors (Lipinski definition) is 5. The molecule has 0 aliphatic carbocycles. The van der Waals surface area contributed by atoms with Gasteiger partial charge < -0.3 is 14.9 Å². The van der Waals surface area contributed by atoms with Crippen molar-refractivity contribution in [1.29, 1.82) is 0 Å². The highest BCUT2D eigenvalue weighted by Gasteiger charge is 2.07. The third-order valence-electron chi connectivity index (χ3n) is 2.50. The second-order valence-corrected chi connectivity index (χ2v) is 4.40. The monoisotopic (exact) mass is 275 g/mol. The minimum atomic E-state index is 0.205. The molecular weight excluding hydrogens is 266 g/mol. The van der Waals surface area contributed by atoms with Gasteiger partial charge in [-0.05, 0) is 18.2 Å². The van der Waals surface area contributed by atoms with Crippen LogP contribution in [0.3, 0.4) is 0 Å². The molecule has 6 heteroatoms. The van der Waals surface area contributed by atoms with E-state index in [0.717, 1.165) is 0 Å². The van der Waals surface area contributed by atoms with Crippen molar-refractivity contribution in [3.63, 3.8) is 0 Å². The number of nitrogens with two attached hydrogens (primary N) is 1. The second kappa shape index (κ2) is 4.78. The number of rotatable bonds is 3. The van der Waals surface area contributed by atoms with Crippen LogP contribution in [0.25, 0.3) is 11.1 Å². The zero-order valence-electron chi connectivity index (χ0n) is 9.84. The Labute approximate surface area is 114 Å². The Balaban J connectivity index is 1.78. The molecule has 19 heavy (non-hydrogen) atoms. The Morgan fingerprint density at radius 3 is 3.00 bits per heavy atom. The molecule has 2 N–H and O–H groups in total. The predicted octanol–water partition coefficient (Wildman–Crippen LogP) is 3.04. The molecular formula is C13H10ClN3O2. The lowest BCUT2D eigenvalue weighted by molar-refractivity contribution is 0.266. The maximum Gasteiger partial charge on any atom is 0.233 e. The molecule has 0 atom stereocenters. The Kier molecular flexibility index (Phi) is 2.97. The van der Waals surface area contributed by atoms with E-state index in [1.54, 1.807) is 30.5 Å². The Morgan fingerprint density at radius 2 is 2.16 bits per heavy atom. The Bertz CT molecular complexity index is 727. The third kappa shape index (κ3) is 2.61. The molecule has 0 spiro atoms. The van der Waals surface area contributed by atoms with Gasteiger partial charge in [0.25, 0.3) is 0 Å². The van der Waals surface area contributed by atoms with E-state index in [4.69, 9.17) is 26.5 Å². The van der Waals surface area contributed by atoms with E-state index in [1.807, 2.05) is 0 Å². The summed E-state index contributed by atoms with van der Waals surface area (Å²) >= 11 is 5.81. The fraction of sp³-hybridized carbons (Fsp3) is 0.0769. The maximum atomic E-state index is 5.81. The van der Waals surface area contributed by atoms with Crippen molar-refractivity contribution in [3.05, 3.63) is 47.6 Å². The summed E-state index contributed by atoms with van der Waals surface area (Å²) in [6.45, 7) is 0.205. The van der Waals surface area contributed by atoms with Crippen LogP contribution in [0.5, 0.6) is 5.75 Å². The minimum absolute atomic E-state index is 0.205. The van der Waals surface area contributed by atoms with E-state index in [0.29, 0.717) is 33.4 Å². The molecule has 3 aromatic rings. The first-order valence-electron chi connectivity index (χ1n) is 5.59. The van der Waals surface area contributed by atoms with E-state index in [2.05, 4.69) is 9.97 Å². The van der Waals surface area contributed by atoms with Gasteiger partial charge in [0, 0.05) is 18.0 Å². The Morgan fingerprint density at radius 1 is 1.26 bits per heavy atom. The first-order valence-corrected chi connectivity index (χ1v) is 5.97. The van der Waals surface area contributed by atoms with Crippen LogP contribution in [0, 0.1) is 0 Å². The van der Waals surface area contributed by atoms with Crippen molar-refractivity contribution in [3.8, 4) is 5.75 Å². The van der Waals surface area contributed by atoms with Gasteiger partial charge in [0.05, 0.1) is 11.2 Å². The molecule has 2 heterocycles. The highest BCUT2D eigenvalue weighted by atomic mass is 35.5. The van der Waals surface area contributed by atoms with Gasteiger partial charge in [0.15, 0.2) is 12.2 Å². The van der Waals surface area contributed by atoms with Crippen LogP contribution in [0.2, 0.25) is 5.02 Å². The number of halogens is 1. The summed E-state index contributed by atoms with van der Waals surface area (Å²) in [7, 11) is 0. The maximum absolute atomic E-state index is 5.81. The van der Waals surface area contributed by atoms with Crippen molar-refractivity contribution in [2.45, 2.75) is 6.61 Å². The van der Waals surface area contributed by atoms with E-state index < -0.39 is 0 Å². The van der Waals surface area contributed by atoms with E-state index in [-0.39, 0.29) is 6.61 Å². The molecule has 0 saturated heterocycles. The average molecular weight is 276 g/mol. The third-order valence-corrected chi connectivity index (χ3v) is 2.70. The Hall–Kier alpha value is -2.27. The van der Waals surface area contributed by atoms with Gasteiger partial charge in [-0.2, -0.15) is 0 Å². The number of fused-ring (bicyclic) bond motifs is 1. The molecule has 0 bridgehead atoms. The molecule has 0 unspecified atom stereocenters. The number of oxazole rings is 1. The first-order chi connectivity index (χ1) is 9.20. The number of benzene rings is 1. The SMILES string of the molecule is Nc1ccc2oc(COc3cncc(Cl)c3)nc2c1. The van der Waals surface area contributed by atoms with Crippen molar-refractivity contribution >= 4 is 28.4 Å². The molecule has 2 aromatic heterocycles. The summed E-state index contributed by atoms with van der Waals surface area (Å²) in [4.78, 5) is 8.21. The molecule has 5 nitrogen and oxygen atoms in total. The van der Waals surface area contributed by atoms with Gasteiger partial charge in [-0.3, -0.25) is 4.98 Å². The average Bonchev–Trinajstić information content (AvgIpc) is 2.78. The number of pyridine rings is 1. The molecule has 0 fully saturated rings. The molecule has 0 saturated carbocycles. The van der Waals surface area contributed by atoms with Crippen LogP contribution in [0.1, 0.15) is 5.89 Å². The van der Waals surface area contributed by atoms with Gasteiger partial charge in [-0.1, -0.05) is 11.6 Å². The molecule has 0 aliphatic heterocycles. The van der Waals surface area contributed by atoms with E-state index >= 15 is 0 Å². The molecule has 3 rings (SSSR count). The van der Waals surface area contributed by atoms with Crippen LogP contribution in [-0.2, 0) is 6.61 Å². The van der Waals surface area contributed by atoms with Gasteiger partial charge in [0.1, 0.15) is 11.3 Å². The fourth-order valence-corrected chi connectivity index (χ4v) is 1.83. The predicted molar refractivity (Wildman–Crippen MR) is 72.0 cm³/mol. The van der Waals surface area contributed by atoms with E-state index in [9.17, 15) is 0 Å². The van der Waals surface area contributed by atoms with Gasteiger partial charge >= 0.3 is 0 Å². The standard InChI is InChI=1S/C13H10ClN3O2/c14-8-3-10(6-16-5-8)18-7-13-17-11-4-9(15)1-2-12(11)19-13/h1-6H,7,15H2. The van der Waals surface area contributed by atoms with Gasteiger partial charge in [-0.25, -0.2) is 4.98 Å².